The van der Waals surface area contributed by atoms with Gasteiger partial charge in [-0.3, -0.25) is 0 Å². The quantitative estimate of drug-likeness (QED) is 0.742. The molecule has 1 aromatic carbocycles. The SMILES string of the molecule is Cc1nc2n(c1C)CC(C)Oc1cc(Br)ccc1-2. The average molecular weight is 307 g/mol. The van der Waals surface area contributed by atoms with Gasteiger partial charge in [0.25, 0.3) is 0 Å². The number of aryl methyl sites for hydroxylation is 1. The predicted octanol–water partition coefficient (Wildman–Crippen LogP) is 3.71. The molecule has 0 spiro atoms. The van der Waals surface area contributed by atoms with E-state index in [1.165, 1.54) is 5.69 Å². The minimum atomic E-state index is 0.145. The number of rotatable bonds is 0. The van der Waals surface area contributed by atoms with Gasteiger partial charge in [-0.15, -0.1) is 0 Å². The van der Waals surface area contributed by atoms with Crippen molar-refractivity contribution in [2.24, 2.45) is 0 Å². The standard InChI is InChI=1S/C14H15BrN2O/c1-8-7-17-10(3)9(2)16-14(17)12-5-4-11(15)6-13(12)18-8/h4-6,8H,7H2,1-3H3. The summed E-state index contributed by atoms with van der Waals surface area (Å²) in [7, 11) is 0. The summed E-state index contributed by atoms with van der Waals surface area (Å²) >= 11 is 3.49. The van der Waals surface area contributed by atoms with E-state index < -0.39 is 0 Å². The number of halogens is 1. The second-order valence-corrected chi connectivity index (χ2v) is 5.70. The van der Waals surface area contributed by atoms with Crippen molar-refractivity contribution < 1.29 is 4.74 Å². The summed E-state index contributed by atoms with van der Waals surface area (Å²) < 4.78 is 9.26. The third-order valence-electron chi connectivity index (χ3n) is 3.41. The van der Waals surface area contributed by atoms with Crippen LogP contribution in [0.2, 0.25) is 0 Å². The Morgan fingerprint density at radius 2 is 2.17 bits per heavy atom. The lowest BCUT2D eigenvalue weighted by Gasteiger charge is -2.13. The molecule has 0 bridgehead atoms. The molecule has 18 heavy (non-hydrogen) atoms. The maximum atomic E-state index is 5.98. The van der Waals surface area contributed by atoms with Crippen molar-refractivity contribution in [3.8, 4) is 17.1 Å². The monoisotopic (exact) mass is 306 g/mol. The first kappa shape index (κ1) is 11.8. The highest BCUT2D eigenvalue weighted by Gasteiger charge is 2.23. The maximum Gasteiger partial charge on any atom is 0.144 e. The molecule has 0 fully saturated rings. The summed E-state index contributed by atoms with van der Waals surface area (Å²) in [6.45, 7) is 7.10. The van der Waals surface area contributed by atoms with Gasteiger partial charge in [0, 0.05) is 10.2 Å². The number of nitrogens with zero attached hydrogens (tertiary/aromatic N) is 2. The molecule has 3 nitrogen and oxygen atoms in total. The number of hydrogen-bond acceptors (Lipinski definition) is 2. The van der Waals surface area contributed by atoms with Crippen LogP contribution >= 0.6 is 15.9 Å². The molecule has 0 saturated carbocycles. The number of ether oxygens (including phenoxy) is 1. The van der Waals surface area contributed by atoms with E-state index in [1.807, 2.05) is 12.1 Å². The van der Waals surface area contributed by atoms with Crippen LogP contribution in [-0.4, -0.2) is 15.7 Å². The Balaban J connectivity index is 2.28. The maximum absolute atomic E-state index is 5.98. The van der Waals surface area contributed by atoms with E-state index in [0.29, 0.717) is 0 Å². The molecular weight excluding hydrogens is 292 g/mol. The van der Waals surface area contributed by atoms with Crippen molar-refractivity contribution in [1.82, 2.24) is 9.55 Å². The van der Waals surface area contributed by atoms with Crippen LogP contribution in [0.3, 0.4) is 0 Å². The van der Waals surface area contributed by atoms with Crippen LogP contribution in [0, 0.1) is 13.8 Å². The molecule has 4 heteroatoms. The first-order valence-corrected chi connectivity index (χ1v) is 6.86. The van der Waals surface area contributed by atoms with E-state index in [1.54, 1.807) is 0 Å². The van der Waals surface area contributed by atoms with Gasteiger partial charge in [-0.25, -0.2) is 4.98 Å². The summed E-state index contributed by atoms with van der Waals surface area (Å²) in [5.41, 5.74) is 3.38. The van der Waals surface area contributed by atoms with Crippen LogP contribution in [-0.2, 0) is 6.54 Å². The molecule has 0 amide bonds. The number of fused-ring (bicyclic) bond motifs is 3. The lowest BCUT2D eigenvalue weighted by atomic mass is 10.2. The Morgan fingerprint density at radius 1 is 1.39 bits per heavy atom. The molecule has 1 aromatic heterocycles. The third-order valence-corrected chi connectivity index (χ3v) is 3.90. The Hall–Kier alpha value is -1.29. The summed E-state index contributed by atoms with van der Waals surface area (Å²) in [5, 5.41) is 0. The number of hydrogen-bond donors (Lipinski definition) is 0. The van der Waals surface area contributed by atoms with E-state index in [-0.39, 0.29) is 6.10 Å². The molecule has 3 rings (SSSR count). The highest BCUT2D eigenvalue weighted by molar-refractivity contribution is 9.10. The summed E-state index contributed by atoms with van der Waals surface area (Å²) in [4.78, 5) is 4.68. The van der Waals surface area contributed by atoms with Crippen LogP contribution in [0.5, 0.6) is 5.75 Å². The zero-order valence-corrected chi connectivity index (χ0v) is 12.3. The van der Waals surface area contributed by atoms with Gasteiger partial charge < -0.3 is 9.30 Å². The first-order chi connectivity index (χ1) is 8.56. The Labute approximate surface area is 115 Å². The fourth-order valence-corrected chi connectivity index (χ4v) is 2.71. The third kappa shape index (κ3) is 1.75. The molecule has 0 aliphatic carbocycles. The molecule has 94 valence electrons. The second-order valence-electron chi connectivity index (χ2n) is 4.79. The topological polar surface area (TPSA) is 27.1 Å². The highest BCUT2D eigenvalue weighted by atomic mass is 79.9. The lowest BCUT2D eigenvalue weighted by molar-refractivity contribution is 0.205. The van der Waals surface area contributed by atoms with E-state index >= 15 is 0 Å². The van der Waals surface area contributed by atoms with Crippen molar-refractivity contribution in [2.75, 3.05) is 0 Å². The predicted molar refractivity (Wildman–Crippen MR) is 74.9 cm³/mol. The van der Waals surface area contributed by atoms with Gasteiger partial charge in [0.15, 0.2) is 0 Å². The largest absolute Gasteiger partial charge is 0.488 e. The lowest BCUT2D eigenvalue weighted by Crippen LogP contribution is -2.18. The van der Waals surface area contributed by atoms with Crippen LogP contribution in [0.15, 0.2) is 22.7 Å². The summed E-state index contributed by atoms with van der Waals surface area (Å²) in [6.07, 6.45) is 0.145. The van der Waals surface area contributed by atoms with Gasteiger partial charge in [0.1, 0.15) is 17.7 Å². The number of benzene rings is 1. The highest BCUT2D eigenvalue weighted by Crippen LogP contribution is 2.36. The normalized spacial score (nSPS) is 17.7. The van der Waals surface area contributed by atoms with Crippen molar-refractivity contribution in [2.45, 2.75) is 33.4 Å². The van der Waals surface area contributed by atoms with Crippen LogP contribution < -0.4 is 4.74 Å². The fourth-order valence-electron chi connectivity index (χ4n) is 2.37. The molecular formula is C14H15BrN2O. The summed E-state index contributed by atoms with van der Waals surface area (Å²) in [5.74, 6) is 1.91. The van der Waals surface area contributed by atoms with Gasteiger partial charge in [-0.2, -0.15) is 0 Å². The van der Waals surface area contributed by atoms with Crippen molar-refractivity contribution >= 4 is 15.9 Å². The Bertz CT molecular complexity index is 618. The summed E-state index contributed by atoms with van der Waals surface area (Å²) in [6, 6.07) is 6.11. The van der Waals surface area contributed by atoms with Crippen molar-refractivity contribution in [3.63, 3.8) is 0 Å². The van der Waals surface area contributed by atoms with Crippen LogP contribution in [0.1, 0.15) is 18.3 Å². The van der Waals surface area contributed by atoms with E-state index in [2.05, 4.69) is 52.3 Å². The molecule has 1 atom stereocenters. The molecule has 1 aliphatic heterocycles. The van der Waals surface area contributed by atoms with Gasteiger partial charge in [-0.1, -0.05) is 15.9 Å². The molecule has 0 saturated heterocycles. The molecule has 1 unspecified atom stereocenters. The Morgan fingerprint density at radius 3 is 2.94 bits per heavy atom. The van der Waals surface area contributed by atoms with E-state index in [4.69, 9.17) is 4.74 Å². The molecule has 2 heterocycles. The van der Waals surface area contributed by atoms with Gasteiger partial charge in [0.2, 0.25) is 0 Å². The van der Waals surface area contributed by atoms with Crippen molar-refractivity contribution in [3.05, 3.63) is 34.1 Å². The van der Waals surface area contributed by atoms with Gasteiger partial charge in [0.05, 0.1) is 17.8 Å². The zero-order valence-electron chi connectivity index (χ0n) is 10.7. The van der Waals surface area contributed by atoms with Gasteiger partial charge in [-0.05, 0) is 39.0 Å². The fraction of sp³-hybridized carbons (Fsp3) is 0.357. The first-order valence-electron chi connectivity index (χ1n) is 6.06. The molecule has 0 N–H and O–H groups in total. The molecule has 1 aliphatic rings. The minimum Gasteiger partial charge on any atom is -0.488 e. The second kappa shape index (κ2) is 4.12. The number of aromatic nitrogens is 2. The van der Waals surface area contributed by atoms with E-state index in [9.17, 15) is 0 Å². The van der Waals surface area contributed by atoms with Crippen LogP contribution in [0.25, 0.3) is 11.4 Å². The van der Waals surface area contributed by atoms with E-state index in [0.717, 1.165) is 33.8 Å². The van der Waals surface area contributed by atoms with Crippen LogP contribution in [0.4, 0.5) is 0 Å². The molecule has 2 aromatic rings. The van der Waals surface area contributed by atoms with Gasteiger partial charge >= 0.3 is 0 Å². The average Bonchev–Trinajstić information content (AvgIpc) is 2.51. The number of imidazole rings is 1. The smallest absolute Gasteiger partial charge is 0.144 e. The zero-order chi connectivity index (χ0) is 12.9. The Kier molecular flexibility index (Phi) is 2.70. The van der Waals surface area contributed by atoms with Crippen molar-refractivity contribution in [1.29, 1.82) is 0 Å². The molecule has 0 radical (unpaired) electrons. The minimum absolute atomic E-state index is 0.145.